The molecule has 0 bridgehead atoms. The topological polar surface area (TPSA) is 24.5 Å². The van der Waals surface area contributed by atoms with Gasteiger partial charge in [-0.05, 0) is 125 Å². The summed E-state index contributed by atoms with van der Waals surface area (Å²) in [5, 5.41) is 20.8. The Hall–Kier alpha value is -14.5. The molecule has 0 saturated heterocycles. The van der Waals surface area contributed by atoms with Crippen molar-refractivity contribution < 1.29 is 0 Å². The zero-order chi connectivity index (χ0) is 70.9. The molecule has 6 nitrogen and oxygen atoms in total. The first-order valence-corrected chi connectivity index (χ1v) is 37.1. The second-order valence-electron chi connectivity index (χ2n) is 28.3. The molecule has 0 atom stereocenters. The number of benzene rings is 19. The molecule has 504 valence electrons. The first-order valence-electron chi connectivity index (χ1n) is 37.1. The fraction of sp³-hybridized carbons (Fsp3) is 0. The summed E-state index contributed by atoms with van der Waals surface area (Å²) in [7, 11) is 0. The van der Waals surface area contributed by atoms with Crippen molar-refractivity contribution in [2.75, 3.05) is 14.7 Å². The highest BCUT2D eigenvalue weighted by molar-refractivity contribution is 6.18. The van der Waals surface area contributed by atoms with Gasteiger partial charge in [-0.2, -0.15) is 0 Å². The minimum atomic E-state index is 0.960. The van der Waals surface area contributed by atoms with Crippen molar-refractivity contribution in [3.63, 3.8) is 0 Å². The van der Waals surface area contributed by atoms with Crippen molar-refractivity contribution in [3.8, 4) is 17.1 Å². The summed E-state index contributed by atoms with van der Waals surface area (Å²) in [4.78, 5) is 7.68. The lowest BCUT2D eigenvalue weighted by atomic mass is 9.99. The Morgan fingerprint density at radius 3 is 0.574 bits per heavy atom. The van der Waals surface area contributed by atoms with Gasteiger partial charge in [-0.25, -0.2) is 0 Å². The normalized spacial score (nSPS) is 11.9. The fourth-order valence-corrected chi connectivity index (χ4v) is 17.9. The maximum Gasteiger partial charge on any atom is 0.0542 e. The van der Waals surface area contributed by atoms with Crippen molar-refractivity contribution >= 4 is 181 Å². The quantitative estimate of drug-likeness (QED) is 0.122. The fourth-order valence-electron chi connectivity index (χ4n) is 17.9. The highest BCUT2D eigenvalue weighted by Crippen LogP contribution is 2.54. The molecule has 0 N–H and O–H groups in total. The van der Waals surface area contributed by atoms with Crippen LogP contribution in [0.3, 0.4) is 0 Å². The molecule has 0 saturated carbocycles. The van der Waals surface area contributed by atoms with Crippen LogP contribution >= 0.6 is 0 Å². The van der Waals surface area contributed by atoms with Crippen LogP contribution in [0.2, 0.25) is 0 Å². The number of aromatic nitrogens is 3. The molecule has 22 rings (SSSR count). The third kappa shape index (κ3) is 9.40. The van der Waals surface area contributed by atoms with Gasteiger partial charge >= 0.3 is 0 Å². The predicted molar refractivity (Wildman–Crippen MR) is 459 cm³/mol. The Labute approximate surface area is 623 Å². The minimum absolute atomic E-state index is 0.960. The summed E-state index contributed by atoms with van der Waals surface area (Å²) in [6.07, 6.45) is 0. The molecule has 3 heterocycles. The summed E-state index contributed by atoms with van der Waals surface area (Å²) < 4.78 is 7.40. The predicted octanol–water partition coefficient (Wildman–Crippen LogP) is 28.3. The Balaban J connectivity index is 0.877. The van der Waals surface area contributed by atoms with E-state index in [2.05, 4.69) is 429 Å². The van der Waals surface area contributed by atoms with Crippen LogP contribution in [0.15, 0.2) is 400 Å². The van der Waals surface area contributed by atoms with Gasteiger partial charge in [-0.15, -0.1) is 0 Å². The Morgan fingerprint density at radius 2 is 0.324 bits per heavy atom. The van der Waals surface area contributed by atoms with Crippen LogP contribution in [0.4, 0.5) is 51.2 Å². The Kier molecular flexibility index (Phi) is 13.9. The van der Waals surface area contributed by atoms with E-state index in [0.29, 0.717) is 0 Å². The molecule has 0 aliphatic carbocycles. The maximum absolute atomic E-state index is 2.56. The van der Waals surface area contributed by atoms with Crippen LogP contribution in [0.5, 0.6) is 0 Å². The SMILES string of the molecule is c1ccc2c(N(c3cc(N(c4cccc5ccccc45)c4ccc(-n5c6ccccc6c6ccccc65)c5ccccc45)cc(N(c4cccc5ccccc45)c4ccc(-n5c6ccccc6c6ccccc65)c5ccccc45)c3)c3ccc(-n4c5ccccc5c5ccccc54)c4ccccc34)cccc2c1. The minimum Gasteiger partial charge on any atom is -0.309 e. The van der Waals surface area contributed by atoms with Gasteiger partial charge in [0.05, 0.1) is 101 Å². The second kappa shape index (κ2) is 24.6. The van der Waals surface area contributed by atoms with Gasteiger partial charge in [0.25, 0.3) is 0 Å². The van der Waals surface area contributed by atoms with Gasteiger partial charge in [-0.3, -0.25) is 0 Å². The highest BCUT2D eigenvalue weighted by Gasteiger charge is 2.30. The van der Waals surface area contributed by atoms with E-state index in [9.17, 15) is 0 Å². The summed E-state index contributed by atoms with van der Waals surface area (Å²) >= 11 is 0. The van der Waals surface area contributed by atoms with Gasteiger partial charge in [-0.1, -0.05) is 291 Å². The van der Waals surface area contributed by atoms with E-state index in [0.717, 1.165) is 166 Å². The first-order chi connectivity index (χ1) is 53.6. The smallest absolute Gasteiger partial charge is 0.0542 e. The van der Waals surface area contributed by atoms with Gasteiger partial charge in [0.2, 0.25) is 0 Å². The highest BCUT2D eigenvalue weighted by atomic mass is 15.2. The zero-order valence-electron chi connectivity index (χ0n) is 58.8. The molecule has 108 heavy (non-hydrogen) atoms. The van der Waals surface area contributed by atoms with Crippen molar-refractivity contribution in [2.24, 2.45) is 0 Å². The van der Waals surface area contributed by atoms with E-state index in [4.69, 9.17) is 0 Å². The van der Waals surface area contributed by atoms with Gasteiger partial charge in [0.15, 0.2) is 0 Å². The van der Waals surface area contributed by atoms with Crippen molar-refractivity contribution in [1.82, 2.24) is 13.7 Å². The molecule has 6 heteroatoms. The monoisotopic (exact) mass is 1370 g/mol. The van der Waals surface area contributed by atoms with E-state index in [1.807, 2.05) is 0 Å². The standard InChI is InChI=1S/C102H66N6/c1-4-34-73-67(28-1)31-25-55-88(73)103(97-58-61-100(85-40-10-7-37-82(85)97)106-91-49-19-13-43-76(91)77-44-14-20-50-92(77)106)70-64-71(104(89-56-26-32-68-29-2-5-35-74(68)89)98-59-62-101(86-41-11-8-38-83(86)98)107-93-51-21-15-45-78(93)79-46-16-22-52-94(79)107)66-72(65-70)105(90-57-27-33-69-30-3-6-36-75(69)90)99-60-63-102(87-42-12-9-39-84(87)99)108-95-53-23-17-47-80(95)81-48-18-24-54-96(81)108/h1-66H. The molecule has 0 fully saturated rings. The van der Waals surface area contributed by atoms with E-state index >= 15 is 0 Å². The largest absolute Gasteiger partial charge is 0.309 e. The average molecular weight is 1380 g/mol. The number of anilines is 9. The summed E-state index contributed by atoms with van der Waals surface area (Å²) in [5.74, 6) is 0. The first kappa shape index (κ1) is 61.1. The Morgan fingerprint density at radius 1 is 0.139 bits per heavy atom. The third-order valence-electron chi connectivity index (χ3n) is 22.5. The average Bonchev–Trinajstić information content (AvgIpc) is 1.47. The number of nitrogens with zero attached hydrogens (tertiary/aromatic N) is 6. The van der Waals surface area contributed by atoms with Gasteiger partial charge in [0, 0.05) is 80.8 Å². The van der Waals surface area contributed by atoms with Crippen LogP contribution < -0.4 is 14.7 Å². The van der Waals surface area contributed by atoms with E-state index in [-0.39, 0.29) is 0 Å². The molecule has 22 aromatic rings. The van der Waals surface area contributed by atoms with E-state index in [1.165, 1.54) is 32.3 Å². The third-order valence-corrected chi connectivity index (χ3v) is 22.5. The molecule has 0 unspecified atom stereocenters. The van der Waals surface area contributed by atoms with Crippen LogP contribution in [0.25, 0.3) is 147 Å². The van der Waals surface area contributed by atoms with Crippen LogP contribution in [0.1, 0.15) is 0 Å². The zero-order valence-corrected chi connectivity index (χ0v) is 58.8. The molecule has 0 amide bonds. The number of fused-ring (bicyclic) bond motifs is 15. The number of rotatable bonds is 12. The lowest BCUT2D eigenvalue weighted by Gasteiger charge is -2.35. The van der Waals surface area contributed by atoms with E-state index in [1.54, 1.807) is 0 Å². The molecular formula is C102H66N6. The summed E-state index contributed by atoms with van der Waals surface area (Å²) in [6.45, 7) is 0. The lowest BCUT2D eigenvalue weighted by Crippen LogP contribution is -2.17. The molecular weight excluding hydrogens is 1310 g/mol. The summed E-state index contributed by atoms with van der Waals surface area (Å²) in [5.41, 5.74) is 19.4. The summed E-state index contributed by atoms with van der Waals surface area (Å²) in [6, 6.07) is 149. The molecule has 0 radical (unpaired) electrons. The number of hydrogen-bond acceptors (Lipinski definition) is 3. The number of hydrogen-bond donors (Lipinski definition) is 0. The number of para-hydroxylation sites is 6. The molecule has 19 aromatic carbocycles. The molecule has 0 spiro atoms. The van der Waals surface area contributed by atoms with E-state index < -0.39 is 0 Å². The maximum atomic E-state index is 2.56. The van der Waals surface area contributed by atoms with Crippen molar-refractivity contribution in [3.05, 3.63) is 400 Å². The second-order valence-corrected chi connectivity index (χ2v) is 28.3. The van der Waals surface area contributed by atoms with Crippen LogP contribution in [0, 0.1) is 0 Å². The van der Waals surface area contributed by atoms with Crippen molar-refractivity contribution in [2.45, 2.75) is 0 Å². The van der Waals surface area contributed by atoms with Crippen molar-refractivity contribution in [1.29, 1.82) is 0 Å². The van der Waals surface area contributed by atoms with Crippen LogP contribution in [-0.2, 0) is 0 Å². The van der Waals surface area contributed by atoms with Gasteiger partial charge < -0.3 is 28.4 Å². The molecule has 0 aliphatic rings. The Bertz CT molecular complexity index is 6550. The van der Waals surface area contributed by atoms with Crippen LogP contribution in [-0.4, -0.2) is 13.7 Å². The lowest BCUT2D eigenvalue weighted by molar-refractivity contribution is 1.19. The molecule has 0 aliphatic heterocycles. The van der Waals surface area contributed by atoms with Gasteiger partial charge in [0.1, 0.15) is 0 Å². The molecule has 3 aromatic heterocycles.